The van der Waals surface area contributed by atoms with Crippen LogP contribution in [0.3, 0.4) is 0 Å². The lowest BCUT2D eigenvalue weighted by molar-refractivity contribution is -0.120. The number of β-amino-alcohol motifs (C(OH)–C–C–N with tert-alkyl or cyclic N) is 1. The zero-order valence-electron chi connectivity index (χ0n) is 19.7. The van der Waals surface area contributed by atoms with Gasteiger partial charge in [0.1, 0.15) is 0 Å². The summed E-state index contributed by atoms with van der Waals surface area (Å²) in [6.07, 6.45) is 3.19. The molecule has 0 unspecified atom stereocenters. The van der Waals surface area contributed by atoms with E-state index in [4.69, 9.17) is 17.3 Å². The van der Waals surface area contributed by atoms with Crippen molar-refractivity contribution in [2.75, 3.05) is 42.6 Å². The zero-order valence-corrected chi connectivity index (χ0v) is 20.5. The predicted molar refractivity (Wildman–Crippen MR) is 145 cm³/mol. The molecule has 2 amide bonds. The van der Waals surface area contributed by atoms with Crippen molar-refractivity contribution in [2.45, 2.75) is 5.92 Å². The number of likely N-dealkylation sites (tertiary alicyclic amines) is 1. The fourth-order valence-corrected chi connectivity index (χ4v) is 4.52. The Kier molecular flexibility index (Phi) is 8.38. The van der Waals surface area contributed by atoms with E-state index in [-0.39, 0.29) is 30.3 Å². The molecule has 0 saturated carbocycles. The van der Waals surface area contributed by atoms with Crippen molar-refractivity contribution in [2.24, 2.45) is 5.92 Å². The number of nitrogen functional groups attached to an aromatic ring is 1. The van der Waals surface area contributed by atoms with Crippen LogP contribution in [-0.4, -0.2) is 48.1 Å². The first-order valence-electron chi connectivity index (χ1n) is 11.8. The van der Waals surface area contributed by atoms with Gasteiger partial charge < -0.3 is 21.5 Å². The highest BCUT2D eigenvalue weighted by atomic mass is 35.5. The molecule has 5 N–H and O–H groups in total. The van der Waals surface area contributed by atoms with Crippen LogP contribution in [0, 0.1) is 5.92 Å². The molecular formula is C28H29ClN4O3. The number of nitrogens with zero attached hydrogens (tertiary/aromatic N) is 1. The van der Waals surface area contributed by atoms with Crippen LogP contribution >= 0.6 is 11.6 Å². The van der Waals surface area contributed by atoms with Gasteiger partial charge in [-0.05, 0) is 53.6 Å². The summed E-state index contributed by atoms with van der Waals surface area (Å²) in [6.45, 7) is 1.80. The molecule has 0 aromatic heterocycles. The van der Waals surface area contributed by atoms with Gasteiger partial charge >= 0.3 is 0 Å². The lowest BCUT2D eigenvalue weighted by Gasteiger charge is -2.19. The molecule has 8 heteroatoms. The van der Waals surface area contributed by atoms with Crippen molar-refractivity contribution >= 4 is 46.6 Å². The molecule has 4 rings (SSSR count). The summed E-state index contributed by atoms with van der Waals surface area (Å²) in [5.74, 6) is -0.628. The zero-order chi connectivity index (χ0) is 25.5. The molecule has 7 nitrogen and oxygen atoms in total. The number of carbonyl (C=O) groups excluding carboxylic acids is 2. The van der Waals surface area contributed by atoms with Gasteiger partial charge in [-0.25, -0.2) is 0 Å². The molecule has 1 aliphatic heterocycles. The minimum Gasteiger partial charge on any atom is -0.397 e. The van der Waals surface area contributed by atoms with Gasteiger partial charge in [-0.3, -0.25) is 14.5 Å². The fourth-order valence-electron chi connectivity index (χ4n) is 4.39. The van der Waals surface area contributed by atoms with Crippen LogP contribution in [0.5, 0.6) is 0 Å². The highest BCUT2D eigenvalue weighted by Gasteiger charge is 2.38. The number of amides is 2. The Labute approximate surface area is 215 Å². The number of aliphatic hydroxyl groups excluding tert-OH is 1. The topological polar surface area (TPSA) is 108 Å². The van der Waals surface area contributed by atoms with Crippen LogP contribution in [0.15, 0.2) is 78.9 Å². The number of rotatable bonds is 8. The first kappa shape index (κ1) is 25.4. The molecule has 186 valence electrons. The van der Waals surface area contributed by atoms with Gasteiger partial charge in [-0.15, -0.1) is 0 Å². The van der Waals surface area contributed by atoms with E-state index in [0.717, 1.165) is 11.1 Å². The monoisotopic (exact) mass is 504 g/mol. The number of benzene rings is 3. The Morgan fingerprint density at radius 2 is 1.72 bits per heavy atom. The SMILES string of the molecule is Nc1ccccc1NC(=O)/C=C/c1ccc([C@H]2CN(CCO)C[C@@H]2C(=O)Nc2ccc(Cl)cc2)cc1. The molecule has 1 fully saturated rings. The molecule has 3 aromatic carbocycles. The molecule has 1 heterocycles. The smallest absolute Gasteiger partial charge is 0.248 e. The fraction of sp³-hybridized carbons (Fsp3) is 0.214. The summed E-state index contributed by atoms with van der Waals surface area (Å²) >= 11 is 5.95. The molecule has 3 aromatic rings. The lowest BCUT2D eigenvalue weighted by atomic mass is 9.88. The third-order valence-corrected chi connectivity index (χ3v) is 6.52. The summed E-state index contributed by atoms with van der Waals surface area (Å²) in [5.41, 5.74) is 9.54. The van der Waals surface area contributed by atoms with Crippen molar-refractivity contribution in [3.8, 4) is 0 Å². The van der Waals surface area contributed by atoms with Crippen molar-refractivity contribution < 1.29 is 14.7 Å². The average Bonchev–Trinajstić information content (AvgIpc) is 3.30. The van der Waals surface area contributed by atoms with Gasteiger partial charge in [0.2, 0.25) is 11.8 Å². The van der Waals surface area contributed by atoms with Crippen molar-refractivity contribution in [1.82, 2.24) is 4.90 Å². The van der Waals surface area contributed by atoms with Crippen molar-refractivity contribution in [3.05, 3.63) is 95.0 Å². The molecule has 0 bridgehead atoms. The third kappa shape index (κ3) is 6.51. The molecular weight excluding hydrogens is 476 g/mol. The molecule has 36 heavy (non-hydrogen) atoms. The van der Waals surface area contributed by atoms with Gasteiger partial charge in [0, 0.05) is 42.3 Å². The van der Waals surface area contributed by atoms with Crippen molar-refractivity contribution in [1.29, 1.82) is 0 Å². The molecule has 2 atom stereocenters. The largest absolute Gasteiger partial charge is 0.397 e. The number of anilines is 3. The summed E-state index contributed by atoms with van der Waals surface area (Å²) in [4.78, 5) is 27.5. The van der Waals surface area contributed by atoms with E-state index in [0.29, 0.717) is 41.7 Å². The van der Waals surface area contributed by atoms with E-state index in [1.165, 1.54) is 6.08 Å². The maximum Gasteiger partial charge on any atom is 0.248 e. The maximum atomic E-state index is 13.2. The second-order valence-corrected chi connectivity index (χ2v) is 9.21. The number of hydrogen-bond donors (Lipinski definition) is 4. The number of nitrogens with one attached hydrogen (secondary N) is 2. The summed E-state index contributed by atoms with van der Waals surface area (Å²) in [6, 6.07) is 22.0. The third-order valence-electron chi connectivity index (χ3n) is 6.27. The van der Waals surface area contributed by atoms with E-state index < -0.39 is 0 Å². The minimum absolute atomic E-state index is 0.0220. The van der Waals surface area contributed by atoms with Crippen LogP contribution in [0.25, 0.3) is 6.08 Å². The summed E-state index contributed by atoms with van der Waals surface area (Å²) < 4.78 is 0. The Morgan fingerprint density at radius 1 is 1.00 bits per heavy atom. The number of carbonyl (C=O) groups is 2. The standard InChI is InChI=1S/C28H29ClN4O3/c29-21-10-12-22(13-11-21)31-28(36)24-18-33(15-16-34)17-23(24)20-8-5-19(6-9-20)7-14-27(35)32-26-4-2-1-3-25(26)30/h1-14,23-24,34H,15-18,30H2,(H,31,36)(H,32,35)/b14-7+/t23-,24+/m1/s1. The predicted octanol–water partition coefficient (Wildman–Crippen LogP) is 4.22. The average molecular weight is 505 g/mol. The van der Waals surface area contributed by atoms with Gasteiger partial charge in [0.25, 0.3) is 0 Å². The highest BCUT2D eigenvalue weighted by molar-refractivity contribution is 6.30. The molecule has 0 radical (unpaired) electrons. The lowest BCUT2D eigenvalue weighted by Crippen LogP contribution is -2.29. The Balaban J connectivity index is 1.43. The van der Waals surface area contributed by atoms with Crippen LogP contribution in [0.4, 0.5) is 17.1 Å². The van der Waals surface area contributed by atoms with Crippen LogP contribution in [0.2, 0.25) is 5.02 Å². The van der Waals surface area contributed by atoms with E-state index in [9.17, 15) is 14.7 Å². The number of para-hydroxylation sites is 2. The maximum absolute atomic E-state index is 13.2. The number of hydrogen-bond acceptors (Lipinski definition) is 5. The van der Waals surface area contributed by atoms with Gasteiger partial charge in [-0.2, -0.15) is 0 Å². The molecule has 0 aliphatic carbocycles. The Morgan fingerprint density at radius 3 is 2.42 bits per heavy atom. The van der Waals surface area contributed by atoms with E-state index in [2.05, 4.69) is 15.5 Å². The second kappa shape index (κ2) is 11.9. The van der Waals surface area contributed by atoms with Gasteiger partial charge in [0.05, 0.1) is 23.9 Å². The number of aliphatic hydroxyl groups is 1. The molecule has 1 aliphatic rings. The van der Waals surface area contributed by atoms with Crippen molar-refractivity contribution in [3.63, 3.8) is 0 Å². The molecule has 1 saturated heterocycles. The normalized spacial score (nSPS) is 17.8. The first-order chi connectivity index (χ1) is 17.4. The first-order valence-corrected chi connectivity index (χ1v) is 12.1. The quantitative estimate of drug-likeness (QED) is 0.271. The van der Waals surface area contributed by atoms with E-state index >= 15 is 0 Å². The van der Waals surface area contributed by atoms with E-state index in [1.807, 2.05) is 36.4 Å². The Hall–Kier alpha value is -3.65. The van der Waals surface area contributed by atoms with Crippen LogP contribution < -0.4 is 16.4 Å². The highest BCUT2D eigenvalue weighted by Crippen LogP contribution is 2.34. The van der Waals surface area contributed by atoms with Gasteiger partial charge in [-0.1, -0.05) is 48.0 Å². The summed E-state index contributed by atoms with van der Waals surface area (Å²) in [5, 5.41) is 15.8. The molecule has 0 spiro atoms. The number of halogens is 1. The second-order valence-electron chi connectivity index (χ2n) is 8.77. The summed E-state index contributed by atoms with van der Waals surface area (Å²) in [7, 11) is 0. The Bertz CT molecular complexity index is 1230. The minimum atomic E-state index is -0.272. The van der Waals surface area contributed by atoms with E-state index in [1.54, 1.807) is 42.5 Å². The number of nitrogens with two attached hydrogens (primary N) is 1. The van der Waals surface area contributed by atoms with Gasteiger partial charge in [0.15, 0.2) is 0 Å². The van der Waals surface area contributed by atoms with Crippen LogP contribution in [-0.2, 0) is 9.59 Å². The van der Waals surface area contributed by atoms with Crippen LogP contribution in [0.1, 0.15) is 17.0 Å².